The summed E-state index contributed by atoms with van der Waals surface area (Å²) in [6, 6.07) is -0.0264. The quantitative estimate of drug-likeness (QED) is 0.630. The summed E-state index contributed by atoms with van der Waals surface area (Å²) in [4.78, 5) is 11.3. The van der Waals surface area contributed by atoms with Gasteiger partial charge in [0, 0.05) is 18.0 Å². The monoisotopic (exact) mass is 216 g/mol. The maximum absolute atomic E-state index is 11.3. The van der Waals surface area contributed by atoms with Gasteiger partial charge in [0.25, 0.3) is 0 Å². The van der Waals surface area contributed by atoms with E-state index in [9.17, 15) is 9.90 Å². The Morgan fingerprint density at radius 1 is 1.33 bits per heavy atom. The smallest absolute Gasteiger partial charge is 0.315 e. The summed E-state index contributed by atoms with van der Waals surface area (Å²) >= 11 is 0. The highest BCUT2D eigenvalue weighted by Crippen LogP contribution is 2.24. The molecule has 0 saturated carbocycles. The zero-order chi connectivity index (χ0) is 11.9. The van der Waals surface area contributed by atoms with Crippen molar-refractivity contribution in [3.8, 4) is 0 Å². The number of carbonyl (C=O) groups is 1. The normalized spacial score (nSPS) is 11.6. The minimum atomic E-state index is -0.172. The van der Waals surface area contributed by atoms with Crippen molar-refractivity contribution in [2.24, 2.45) is 5.41 Å². The van der Waals surface area contributed by atoms with E-state index in [1.165, 1.54) is 0 Å². The standard InChI is InChI=1S/C11H24N2O2/c1-5-11(6-2,8-14)7-12-10(15)13-9(3)4/h9,14H,5-8H2,1-4H3,(H2,12,13,15). The molecule has 0 aromatic carbocycles. The lowest BCUT2D eigenvalue weighted by Crippen LogP contribution is -2.45. The van der Waals surface area contributed by atoms with Crippen molar-refractivity contribution in [2.45, 2.75) is 46.6 Å². The van der Waals surface area contributed by atoms with Gasteiger partial charge in [-0.15, -0.1) is 0 Å². The molecule has 0 saturated heterocycles. The second kappa shape index (κ2) is 6.67. The molecule has 15 heavy (non-hydrogen) atoms. The molecule has 0 aromatic heterocycles. The molecule has 0 aliphatic heterocycles. The van der Waals surface area contributed by atoms with Crippen molar-refractivity contribution in [3.63, 3.8) is 0 Å². The molecule has 0 aromatic rings. The lowest BCUT2D eigenvalue weighted by Gasteiger charge is -2.29. The highest BCUT2D eigenvalue weighted by molar-refractivity contribution is 5.74. The number of urea groups is 1. The molecule has 0 rings (SSSR count). The number of aliphatic hydroxyl groups excluding tert-OH is 1. The number of hydrogen-bond donors (Lipinski definition) is 3. The molecule has 4 nitrogen and oxygen atoms in total. The molecule has 3 N–H and O–H groups in total. The van der Waals surface area contributed by atoms with Gasteiger partial charge in [-0.1, -0.05) is 13.8 Å². The maximum atomic E-state index is 11.3. The van der Waals surface area contributed by atoms with Crippen LogP contribution < -0.4 is 10.6 Å². The van der Waals surface area contributed by atoms with E-state index in [4.69, 9.17) is 0 Å². The first-order valence-corrected chi connectivity index (χ1v) is 5.65. The first kappa shape index (κ1) is 14.2. The summed E-state index contributed by atoms with van der Waals surface area (Å²) in [6.07, 6.45) is 1.73. The Labute approximate surface area is 92.4 Å². The van der Waals surface area contributed by atoms with Gasteiger partial charge in [-0.2, -0.15) is 0 Å². The molecule has 4 heteroatoms. The van der Waals surface area contributed by atoms with Gasteiger partial charge in [-0.25, -0.2) is 4.79 Å². The molecule has 0 heterocycles. The highest BCUT2D eigenvalue weighted by Gasteiger charge is 2.25. The van der Waals surface area contributed by atoms with Crippen LogP contribution in [-0.4, -0.2) is 30.3 Å². The fraction of sp³-hybridized carbons (Fsp3) is 0.909. The topological polar surface area (TPSA) is 61.4 Å². The van der Waals surface area contributed by atoms with Gasteiger partial charge in [-0.3, -0.25) is 0 Å². The van der Waals surface area contributed by atoms with Crippen LogP contribution in [0.1, 0.15) is 40.5 Å². The number of rotatable bonds is 6. The van der Waals surface area contributed by atoms with E-state index in [0.29, 0.717) is 6.54 Å². The Morgan fingerprint density at radius 2 is 1.87 bits per heavy atom. The second-order valence-electron chi connectivity index (χ2n) is 4.35. The Hall–Kier alpha value is -0.770. The van der Waals surface area contributed by atoms with Crippen molar-refractivity contribution in [1.82, 2.24) is 10.6 Å². The van der Waals surface area contributed by atoms with Crippen LogP contribution in [0.2, 0.25) is 0 Å². The average Bonchev–Trinajstić information content (AvgIpc) is 2.20. The van der Waals surface area contributed by atoms with E-state index in [0.717, 1.165) is 12.8 Å². The first-order valence-electron chi connectivity index (χ1n) is 5.65. The molecule has 0 spiro atoms. The Kier molecular flexibility index (Phi) is 6.32. The van der Waals surface area contributed by atoms with Crippen molar-refractivity contribution in [3.05, 3.63) is 0 Å². The predicted octanol–water partition coefficient (Wildman–Crippen LogP) is 1.49. The van der Waals surface area contributed by atoms with Crippen LogP contribution in [0, 0.1) is 5.41 Å². The molecule has 90 valence electrons. The van der Waals surface area contributed by atoms with E-state index in [-0.39, 0.29) is 24.1 Å². The van der Waals surface area contributed by atoms with Crippen LogP contribution in [0.15, 0.2) is 0 Å². The minimum Gasteiger partial charge on any atom is -0.396 e. The van der Waals surface area contributed by atoms with E-state index in [1.54, 1.807) is 0 Å². The number of aliphatic hydroxyl groups is 1. The predicted molar refractivity (Wildman–Crippen MR) is 61.8 cm³/mol. The van der Waals surface area contributed by atoms with Crippen LogP contribution >= 0.6 is 0 Å². The summed E-state index contributed by atoms with van der Waals surface area (Å²) < 4.78 is 0. The first-order chi connectivity index (χ1) is 6.99. The SMILES string of the molecule is CCC(CC)(CO)CNC(=O)NC(C)C. The summed E-state index contributed by atoms with van der Waals surface area (Å²) in [5, 5.41) is 14.9. The van der Waals surface area contributed by atoms with Crippen molar-refractivity contribution in [1.29, 1.82) is 0 Å². The second-order valence-corrected chi connectivity index (χ2v) is 4.35. The molecular weight excluding hydrogens is 192 g/mol. The summed E-state index contributed by atoms with van der Waals surface area (Å²) in [7, 11) is 0. The molecular formula is C11H24N2O2. The molecule has 0 aliphatic carbocycles. The third-order valence-electron chi connectivity index (χ3n) is 2.88. The van der Waals surface area contributed by atoms with Gasteiger partial charge in [-0.05, 0) is 26.7 Å². The lowest BCUT2D eigenvalue weighted by atomic mass is 9.83. The van der Waals surface area contributed by atoms with Crippen LogP contribution in [0.3, 0.4) is 0 Å². The Balaban J connectivity index is 4.05. The number of hydrogen-bond acceptors (Lipinski definition) is 2. The molecule has 0 unspecified atom stereocenters. The van der Waals surface area contributed by atoms with Gasteiger partial charge < -0.3 is 15.7 Å². The van der Waals surface area contributed by atoms with E-state index in [1.807, 2.05) is 27.7 Å². The largest absolute Gasteiger partial charge is 0.396 e. The van der Waals surface area contributed by atoms with Crippen molar-refractivity contribution >= 4 is 6.03 Å². The van der Waals surface area contributed by atoms with E-state index in [2.05, 4.69) is 10.6 Å². The number of carbonyl (C=O) groups excluding carboxylic acids is 1. The molecule has 0 bridgehead atoms. The fourth-order valence-corrected chi connectivity index (χ4v) is 1.36. The van der Waals surface area contributed by atoms with Gasteiger partial charge in [0.1, 0.15) is 0 Å². The Bertz CT molecular complexity index is 181. The van der Waals surface area contributed by atoms with Crippen LogP contribution in [0.25, 0.3) is 0 Å². The summed E-state index contributed by atoms with van der Waals surface area (Å²) in [5.74, 6) is 0. The van der Waals surface area contributed by atoms with Crippen LogP contribution in [-0.2, 0) is 0 Å². The van der Waals surface area contributed by atoms with E-state index >= 15 is 0 Å². The Morgan fingerprint density at radius 3 is 2.20 bits per heavy atom. The van der Waals surface area contributed by atoms with E-state index < -0.39 is 0 Å². The van der Waals surface area contributed by atoms with Crippen molar-refractivity contribution < 1.29 is 9.90 Å². The lowest BCUT2D eigenvalue weighted by molar-refractivity contribution is 0.115. The highest BCUT2D eigenvalue weighted by atomic mass is 16.3. The maximum Gasteiger partial charge on any atom is 0.315 e. The minimum absolute atomic E-state index is 0.113. The van der Waals surface area contributed by atoms with Crippen LogP contribution in [0.5, 0.6) is 0 Å². The molecule has 0 atom stereocenters. The number of nitrogens with one attached hydrogen (secondary N) is 2. The van der Waals surface area contributed by atoms with Gasteiger partial charge in [0.2, 0.25) is 0 Å². The number of amides is 2. The zero-order valence-corrected chi connectivity index (χ0v) is 10.3. The van der Waals surface area contributed by atoms with Crippen molar-refractivity contribution in [2.75, 3.05) is 13.2 Å². The summed E-state index contributed by atoms with van der Waals surface area (Å²) in [6.45, 7) is 8.53. The molecule has 0 aliphatic rings. The van der Waals surface area contributed by atoms with Gasteiger partial charge in [0.15, 0.2) is 0 Å². The fourth-order valence-electron chi connectivity index (χ4n) is 1.36. The molecule has 0 fully saturated rings. The molecule has 2 amide bonds. The van der Waals surface area contributed by atoms with Crippen LogP contribution in [0.4, 0.5) is 4.79 Å². The molecule has 0 radical (unpaired) electrons. The third-order valence-corrected chi connectivity index (χ3v) is 2.88. The van der Waals surface area contributed by atoms with Gasteiger partial charge >= 0.3 is 6.03 Å². The zero-order valence-electron chi connectivity index (χ0n) is 10.3. The average molecular weight is 216 g/mol. The summed E-state index contributed by atoms with van der Waals surface area (Å²) in [5.41, 5.74) is -0.172. The van der Waals surface area contributed by atoms with Gasteiger partial charge in [0.05, 0.1) is 6.61 Å². The third kappa shape index (κ3) is 5.02.